The van der Waals surface area contributed by atoms with Crippen molar-refractivity contribution in [2.75, 3.05) is 11.9 Å². The minimum atomic E-state index is -0.850. The molecule has 0 aliphatic carbocycles. The lowest BCUT2D eigenvalue weighted by atomic mass is 10.2. The number of carbonyl (C=O) groups is 1. The average molecular weight is 271 g/mol. The maximum Gasteiger partial charge on any atom is 0.326 e. The molecule has 0 saturated heterocycles. The van der Waals surface area contributed by atoms with Crippen molar-refractivity contribution in [1.82, 2.24) is 0 Å². The second-order valence-corrected chi connectivity index (χ2v) is 4.53. The maximum atomic E-state index is 11.0. The zero-order valence-corrected chi connectivity index (χ0v) is 11.5. The third-order valence-electron chi connectivity index (χ3n) is 3.16. The number of hydrogen-bond donors (Lipinski definition) is 1. The van der Waals surface area contributed by atoms with E-state index in [0.29, 0.717) is 0 Å². The van der Waals surface area contributed by atoms with Gasteiger partial charge in [-0.05, 0) is 43.3 Å². The molecule has 2 rings (SSSR count). The van der Waals surface area contributed by atoms with Crippen LogP contribution in [0.5, 0.6) is 11.5 Å². The summed E-state index contributed by atoms with van der Waals surface area (Å²) in [5, 5.41) is 9.00. The third-order valence-corrected chi connectivity index (χ3v) is 3.16. The van der Waals surface area contributed by atoms with Crippen LogP contribution in [-0.4, -0.2) is 24.2 Å². The van der Waals surface area contributed by atoms with Gasteiger partial charge in [0.25, 0.3) is 0 Å². The molecule has 0 fully saturated rings. The molecular formula is C16H17NO3. The zero-order valence-electron chi connectivity index (χ0n) is 11.5. The predicted molar refractivity (Wildman–Crippen MR) is 78.5 cm³/mol. The highest BCUT2D eigenvalue weighted by atomic mass is 16.5. The Hall–Kier alpha value is -2.49. The number of rotatable bonds is 5. The van der Waals surface area contributed by atoms with E-state index < -0.39 is 12.0 Å². The second-order valence-electron chi connectivity index (χ2n) is 4.53. The molecule has 2 aromatic rings. The molecule has 4 heteroatoms. The molecule has 104 valence electrons. The van der Waals surface area contributed by atoms with Gasteiger partial charge in [-0.1, -0.05) is 18.2 Å². The highest BCUT2D eigenvalue weighted by Crippen LogP contribution is 2.24. The Morgan fingerprint density at radius 3 is 2.15 bits per heavy atom. The Morgan fingerprint density at radius 2 is 1.60 bits per heavy atom. The summed E-state index contributed by atoms with van der Waals surface area (Å²) in [5.74, 6) is 0.640. The summed E-state index contributed by atoms with van der Waals surface area (Å²) in [6, 6.07) is 16.3. The lowest BCUT2D eigenvalue weighted by molar-refractivity contribution is -0.138. The lowest BCUT2D eigenvalue weighted by Crippen LogP contribution is -2.35. The Morgan fingerprint density at radius 1 is 1.05 bits per heavy atom. The number of carboxylic acids is 1. The van der Waals surface area contributed by atoms with Crippen molar-refractivity contribution < 1.29 is 14.6 Å². The summed E-state index contributed by atoms with van der Waals surface area (Å²) in [4.78, 5) is 12.7. The van der Waals surface area contributed by atoms with Crippen LogP contribution in [0.15, 0.2) is 54.6 Å². The molecule has 0 aliphatic rings. The monoisotopic (exact) mass is 271 g/mol. The summed E-state index contributed by atoms with van der Waals surface area (Å²) in [6.07, 6.45) is 0. The summed E-state index contributed by atoms with van der Waals surface area (Å²) in [5.41, 5.74) is 0.834. The van der Waals surface area contributed by atoms with E-state index in [1.54, 1.807) is 18.9 Å². The molecule has 4 nitrogen and oxygen atoms in total. The number of aliphatic carboxylic acids is 1. The molecule has 0 amide bonds. The Bertz CT molecular complexity index is 566. The highest BCUT2D eigenvalue weighted by molar-refractivity contribution is 5.77. The standard InChI is InChI=1S/C16H17NO3/c1-12(16(18)19)17(2)13-8-10-15(11-9-13)20-14-6-4-3-5-7-14/h3-12H,1-2H3,(H,18,19). The van der Waals surface area contributed by atoms with Crippen LogP contribution in [-0.2, 0) is 4.79 Å². The smallest absolute Gasteiger partial charge is 0.326 e. The minimum Gasteiger partial charge on any atom is -0.480 e. The SMILES string of the molecule is CC(C(=O)O)N(C)c1ccc(Oc2ccccc2)cc1. The molecular weight excluding hydrogens is 254 g/mol. The largest absolute Gasteiger partial charge is 0.480 e. The first kappa shape index (κ1) is 13.9. The summed E-state index contributed by atoms with van der Waals surface area (Å²) < 4.78 is 5.69. The first-order chi connectivity index (χ1) is 9.58. The Kier molecular flexibility index (Phi) is 4.25. The molecule has 1 N–H and O–H groups in total. The van der Waals surface area contributed by atoms with Crippen molar-refractivity contribution in [3.05, 3.63) is 54.6 Å². The molecule has 0 radical (unpaired) electrons. The van der Waals surface area contributed by atoms with E-state index >= 15 is 0 Å². The normalized spacial score (nSPS) is 11.7. The number of anilines is 1. The molecule has 2 aromatic carbocycles. The quantitative estimate of drug-likeness (QED) is 0.905. The molecule has 20 heavy (non-hydrogen) atoms. The van der Waals surface area contributed by atoms with E-state index in [2.05, 4.69) is 0 Å². The van der Waals surface area contributed by atoms with Crippen LogP contribution in [0, 0.1) is 0 Å². The number of benzene rings is 2. The molecule has 0 aromatic heterocycles. The second kappa shape index (κ2) is 6.10. The van der Waals surface area contributed by atoms with Crippen LogP contribution >= 0.6 is 0 Å². The summed E-state index contributed by atoms with van der Waals surface area (Å²) in [6.45, 7) is 1.65. The third kappa shape index (κ3) is 3.29. The maximum absolute atomic E-state index is 11.0. The average Bonchev–Trinajstić information content (AvgIpc) is 2.47. The van der Waals surface area contributed by atoms with Gasteiger partial charge in [0.05, 0.1) is 0 Å². The fourth-order valence-corrected chi connectivity index (χ4v) is 1.76. The van der Waals surface area contributed by atoms with Crippen molar-refractivity contribution >= 4 is 11.7 Å². The van der Waals surface area contributed by atoms with Gasteiger partial charge in [-0.3, -0.25) is 0 Å². The Balaban J connectivity index is 2.08. The van der Waals surface area contributed by atoms with Crippen LogP contribution < -0.4 is 9.64 Å². The topological polar surface area (TPSA) is 49.8 Å². The van der Waals surface area contributed by atoms with Crippen LogP contribution in [0.3, 0.4) is 0 Å². The fraction of sp³-hybridized carbons (Fsp3) is 0.188. The number of carboxylic acid groups (broad SMARTS) is 1. The van der Waals surface area contributed by atoms with E-state index in [1.807, 2.05) is 54.6 Å². The van der Waals surface area contributed by atoms with E-state index in [1.165, 1.54) is 0 Å². The number of para-hydroxylation sites is 1. The van der Waals surface area contributed by atoms with Gasteiger partial charge in [-0.25, -0.2) is 4.79 Å². The van der Waals surface area contributed by atoms with Crippen LogP contribution in [0.25, 0.3) is 0 Å². The van der Waals surface area contributed by atoms with Gasteiger partial charge in [0.15, 0.2) is 0 Å². The van der Waals surface area contributed by atoms with Crippen LogP contribution in [0.1, 0.15) is 6.92 Å². The first-order valence-corrected chi connectivity index (χ1v) is 6.36. The van der Waals surface area contributed by atoms with Gasteiger partial charge in [-0.2, -0.15) is 0 Å². The van der Waals surface area contributed by atoms with Gasteiger partial charge >= 0.3 is 5.97 Å². The molecule has 1 atom stereocenters. The number of nitrogens with zero attached hydrogens (tertiary/aromatic N) is 1. The van der Waals surface area contributed by atoms with Crippen molar-refractivity contribution in [3.8, 4) is 11.5 Å². The van der Waals surface area contributed by atoms with Gasteiger partial charge in [-0.15, -0.1) is 0 Å². The lowest BCUT2D eigenvalue weighted by Gasteiger charge is -2.23. The van der Waals surface area contributed by atoms with Crippen molar-refractivity contribution in [2.24, 2.45) is 0 Å². The van der Waals surface area contributed by atoms with E-state index in [4.69, 9.17) is 9.84 Å². The summed E-state index contributed by atoms with van der Waals surface area (Å²) >= 11 is 0. The van der Waals surface area contributed by atoms with Gasteiger partial charge in [0, 0.05) is 12.7 Å². The van der Waals surface area contributed by atoms with Crippen LogP contribution in [0.2, 0.25) is 0 Å². The highest BCUT2D eigenvalue weighted by Gasteiger charge is 2.16. The van der Waals surface area contributed by atoms with E-state index in [-0.39, 0.29) is 0 Å². The van der Waals surface area contributed by atoms with Crippen LogP contribution in [0.4, 0.5) is 5.69 Å². The molecule has 0 spiro atoms. The number of likely N-dealkylation sites (N-methyl/N-ethyl adjacent to an activating group) is 1. The van der Waals surface area contributed by atoms with Gasteiger partial charge in [0.2, 0.25) is 0 Å². The minimum absolute atomic E-state index is 0.573. The fourth-order valence-electron chi connectivity index (χ4n) is 1.76. The van der Waals surface area contributed by atoms with E-state index in [9.17, 15) is 4.79 Å². The van der Waals surface area contributed by atoms with Gasteiger partial charge < -0.3 is 14.7 Å². The van der Waals surface area contributed by atoms with Crippen molar-refractivity contribution in [1.29, 1.82) is 0 Å². The number of ether oxygens (including phenoxy) is 1. The van der Waals surface area contributed by atoms with Crippen molar-refractivity contribution in [3.63, 3.8) is 0 Å². The van der Waals surface area contributed by atoms with Crippen molar-refractivity contribution in [2.45, 2.75) is 13.0 Å². The summed E-state index contributed by atoms with van der Waals surface area (Å²) in [7, 11) is 1.76. The zero-order chi connectivity index (χ0) is 14.5. The molecule has 0 saturated carbocycles. The van der Waals surface area contributed by atoms with Gasteiger partial charge in [0.1, 0.15) is 17.5 Å². The predicted octanol–water partition coefficient (Wildman–Crippen LogP) is 3.39. The first-order valence-electron chi connectivity index (χ1n) is 6.36. The molecule has 0 aliphatic heterocycles. The molecule has 0 bridgehead atoms. The molecule has 0 heterocycles. The number of hydrogen-bond acceptors (Lipinski definition) is 3. The Labute approximate surface area is 118 Å². The molecule has 1 unspecified atom stereocenters. The van der Waals surface area contributed by atoms with E-state index in [0.717, 1.165) is 17.2 Å².